The monoisotopic (exact) mass is 671 g/mol. The van der Waals surface area contributed by atoms with Crippen LogP contribution < -0.4 is 35.4 Å². The van der Waals surface area contributed by atoms with E-state index in [0.717, 1.165) is 75.6 Å². The van der Waals surface area contributed by atoms with Gasteiger partial charge < -0.3 is 19.5 Å². The number of aromatic nitrogens is 1. The van der Waals surface area contributed by atoms with Crippen molar-refractivity contribution < 1.29 is 19.0 Å². The Hall–Kier alpha value is -4.71. The number of methoxy groups -OCH3 is 3. The fraction of sp³-hybridized carbons (Fsp3) is 0.268. The number of benzene rings is 4. The van der Waals surface area contributed by atoms with E-state index in [4.69, 9.17) is 14.2 Å². The molecule has 4 aromatic carbocycles. The van der Waals surface area contributed by atoms with Crippen LogP contribution in [-0.2, 0) is 0 Å². The van der Waals surface area contributed by atoms with Crippen molar-refractivity contribution in [2.75, 3.05) is 34.4 Å². The maximum Gasteiger partial charge on any atom is 0.252 e. The van der Waals surface area contributed by atoms with Crippen molar-refractivity contribution in [2.24, 2.45) is 11.8 Å². The zero-order chi connectivity index (χ0) is 33.9. The number of ether oxygens (including phenoxy) is 3. The maximum atomic E-state index is 14.8. The van der Waals surface area contributed by atoms with E-state index in [-0.39, 0.29) is 18.0 Å². The summed E-state index contributed by atoms with van der Waals surface area (Å²) in [5, 5.41) is 7.82. The number of carbonyl (C=O) groups excluding carboxylic acids is 1. The summed E-state index contributed by atoms with van der Waals surface area (Å²) >= 11 is 0. The number of hydrogen-bond donors (Lipinski definition) is 1. The zero-order valence-electron chi connectivity index (χ0n) is 28.2. The summed E-state index contributed by atoms with van der Waals surface area (Å²) in [7, 11) is 3.93. The van der Waals surface area contributed by atoms with E-state index >= 15 is 0 Å². The van der Waals surface area contributed by atoms with Gasteiger partial charge in [0.05, 0.1) is 32.9 Å². The number of hydrogen-bond acceptors (Lipinski definition) is 6. The Morgan fingerprint density at radius 2 is 1.55 bits per heavy atom. The Labute approximate surface area is 289 Å². The molecular weight excluding hydrogens is 629 g/mol. The number of piperidine rings is 3. The first-order valence-corrected chi connectivity index (χ1v) is 18.1. The van der Waals surface area contributed by atoms with Crippen LogP contribution >= 0.6 is 7.92 Å². The molecule has 250 valence electrons. The largest absolute Gasteiger partial charge is 0.497 e. The summed E-state index contributed by atoms with van der Waals surface area (Å²) in [4.78, 5) is 22.1. The molecule has 0 aliphatic carbocycles. The van der Waals surface area contributed by atoms with Crippen LogP contribution in [0.4, 0.5) is 0 Å². The predicted molar refractivity (Wildman–Crippen MR) is 199 cm³/mol. The molecule has 1 N–H and O–H groups in total. The molecule has 4 heterocycles. The molecule has 5 atom stereocenters. The number of pyridine rings is 1. The molecule has 0 saturated carbocycles. The first-order chi connectivity index (χ1) is 24.0. The molecule has 3 fully saturated rings. The van der Waals surface area contributed by atoms with Gasteiger partial charge in [0.25, 0.3) is 5.91 Å². The SMILES string of the molecule is C=CC1CN2CCC1C[C@H]2[C@@H](NC(=O)c1ccccc1P(c1ccc(OC)cc1)c1ccc(OC)cc1)c1ccnc2ccc(OC)cc12. The highest BCUT2D eigenvalue weighted by Crippen LogP contribution is 2.43. The van der Waals surface area contributed by atoms with Gasteiger partial charge in [-0.15, -0.1) is 6.58 Å². The van der Waals surface area contributed by atoms with E-state index in [9.17, 15) is 4.79 Å². The highest BCUT2D eigenvalue weighted by molar-refractivity contribution is 7.80. The molecule has 0 spiro atoms. The Morgan fingerprint density at radius 3 is 2.16 bits per heavy atom. The third-order valence-electron chi connectivity index (χ3n) is 10.2. The third kappa shape index (κ3) is 6.53. The van der Waals surface area contributed by atoms with E-state index in [1.165, 1.54) is 0 Å². The molecule has 49 heavy (non-hydrogen) atoms. The lowest BCUT2D eigenvalue weighted by atomic mass is 9.73. The van der Waals surface area contributed by atoms with Gasteiger partial charge in [0.15, 0.2) is 0 Å². The Bertz CT molecular complexity index is 1900. The summed E-state index contributed by atoms with van der Waals surface area (Å²) in [6, 6.07) is 32.3. The molecular formula is C41H42N3O4P. The average Bonchev–Trinajstić information content (AvgIpc) is 3.17. The Kier molecular flexibility index (Phi) is 9.65. The molecule has 8 heteroatoms. The molecule has 3 aliphatic heterocycles. The first kappa shape index (κ1) is 32.8. The van der Waals surface area contributed by atoms with Gasteiger partial charge in [0.2, 0.25) is 0 Å². The zero-order valence-corrected chi connectivity index (χ0v) is 29.1. The second-order valence-electron chi connectivity index (χ2n) is 12.7. The van der Waals surface area contributed by atoms with Gasteiger partial charge in [0, 0.05) is 29.7 Å². The molecule has 0 radical (unpaired) electrons. The summed E-state index contributed by atoms with van der Waals surface area (Å²) in [6.07, 6.45) is 6.11. The van der Waals surface area contributed by atoms with E-state index in [0.29, 0.717) is 17.4 Å². The average molecular weight is 672 g/mol. The van der Waals surface area contributed by atoms with Crippen LogP contribution in [0.2, 0.25) is 0 Å². The van der Waals surface area contributed by atoms with Crippen molar-refractivity contribution in [1.82, 2.24) is 15.2 Å². The van der Waals surface area contributed by atoms with Gasteiger partial charge in [-0.1, -0.05) is 48.5 Å². The van der Waals surface area contributed by atoms with Gasteiger partial charge in [0.1, 0.15) is 17.2 Å². The van der Waals surface area contributed by atoms with Crippen molar-refractivity contribution in [3.05, 3.63) is 127 Å². The molecule has 7 nitrogen and oxygen atoms in total. The maximum absolute atomic E-state index is 14.8. The van der Waals surface area contributed by atoms with E-state index in [1.807, 2.05) is 66.9 Å². The highest BCUT2D eigenvalue weighted by Gasteiger charge is 2.43. The van der Waals surface area contributed by atoms with Crippen molar-refractivity contribution in [3.8, 4) is 17.2 Å². The summed E-state index contributed by atoms with van der Waals surface area (Å²) in [5.41, 5.74) is 2.59. The first-order valence-electron chi connectivity index (χ1n) is 16.8. The summed E-state index contributed by atoms with van der Waals surface area (Å²) in [5.74, 6) is 3.26. The topological polar surface area (TPSA) is 72.9 Å². The molecule has 3 saturated heterocycles. The van der Waals surface area contributed by atoms with Crippen LogP contribution in [0.3, 0.4) is 0 Å². The number of fused-ring (bicyclic) bond motifs is 4. The van der Waals surface area contributed by atoms with Crippen LogP contribution in [0.25, 0.3) is 10.9 Å². The van der Waals surface area contributed by atoms with E-state index in [2.05, 4.69) is 64.3 Å². The number of nitrogens with one attached hydrogen (secondary N) is 1. The fourth-order valence-electron chi connectivity index (χ4n) is 7.62. The van der Waals surface area contributed by atoms with Gasteiger partial charge in [-0.25, -0.2) is 0 Å². The minimum absolute atomic E-state index is 0.0918. The van der Waals surface area contributed by atoms with Crippen LogP contribution in [0.5, 0.6) is 17.2 Å². The Balaban J connectivity index is 1.32. The van der Waals surface area contributed by atoms with Crippen LogP contribution in [0.1, 0.15) is 34.8 Å². The fourth-order valence-corrected chi connectivity index (χ4v) is 10.0. The number of amides is 1. The van der Waals surface area contributed by atoms with Gasteiger partial charge in [-0.3, -0.25) is 14.7 Å². The van der Waals surface area contributed by atoms with Crippen molar-refractivity contribution in [3.63, 3.8) is 0 Å². The quantitative estimate of drug-likeness (QED) is 0.130. The number of carbonyl (C=O) groups is 1. The van der Waals surface area contributed by atoms with Crippen molar-refractivity contribution in [1.29, 1.82) is 0 Å². The van der Waals surface area contributed by atoms with Gasteiger partial charge in [-0.2, -0.15) is 0 Å². The molecule has 2 bridgehead atoms. The van der Waals surface area contributed by atoms with Crippen LogP contribution in [-0.4, -0.2) is 56.3 Å². The Morgan fingerprint density at radius 1 is 0.898 bits per heavy atom. The lowest BCUT2D eigenvalue weighted by Gasteiger charge is -2.51. The summed E-state index contributed by atoms with van der Waals surface area (Å²) in [6.45, 7) is 6.11. The smallest absolute Gasteiger partial charge is 0.252 e. The second kappa shape index (κ2) is 14.4. The molecule has 1 aromatic heterocycles. The summed E-state index contributed by atoms with van der Waals surface area (Å²) < 4.78 is 16.6. The molecule has 1 amide bonds. The number of nitrogens with zero attached hydrogens (tertiary/aromatic N) is 2. The highest BCUT2D eigenvalue weighted by atomic mass is 31.1. The standard InChI is InChI=1S/C41H42N3O4P/c1-5-27-26-44-23-21-28(27)24-38(44)40(34-20-22-42-37-19-14-31(48-4)25-36(34)37)43-41(45)35-8-6-7-9-39(35)49(32-15-10-29(46-2)11-16-32)33-17-12-30(47-3)13-18-33/h5-20,22,25,27-28,38,40H,1,21,23-24,26H2,2-4H3,(H,43,45)/t27?,28?,38-,40-/m0/s1. The minimum Gasteiger partial charge on any atom is -0.497 e. The van der Waals surface area contributed by atoms with Crippen molar-refractivity contribution >= 4 is 40.6 Å². The van der Waals surface area contributed by atoms with Gasteiger partial charge >= 0.3 is 0 Å². The number of rotatable bonds is 11. The molecule has 3 aliphatic rings. The van der Waals surface area contributed by atoms with Crippen molar-refractivity contribution in [2.45, 2.75) is 24.9 Å². The minimum atomic E-state index is -1.10. The van der Waals surface area contributed by atoms with E-state index in [1.54, 1.807) is 21.3 Å². The second-order valence-corrected chi connectivity index (χ2v) is 14.9. The molecule has 5 aromatic rings. The normalized spacial score (nSPS) is 20.5. The predicted octanol–water partition coefficient (Wildman–Crippen LogP) is 6.39. The van der Waals surface area contributed by atoms with Gasteiger partial charge in [-0.05, 0) is 115 Å². The van der Waals surface area contributed by atoms with Crippen LogP contribution in [0.15, 0.2) is 116 Å². The lowest BCUT2D eigenvalue weighted by Crippen LogP contribution is -2.57. The van der Waals surface area contributed by atoms with Crippen LogP contribution in [0, 0.1) is 11.8 Å². The third-order valence-corrected chi connectivity index (χ3v) is 12.7. The van der Waals surface area contributed by atoms with E-state index < -0.39 is 7.92 Å². The molecule has 8 rings (SSSR count). The molecule has 3 unspecified atom stereocenters. The lowest BCUT2D eigenvalue weighted by molar-refractivity contribution is 0.00171.